The van der Waals surface area contributed by atoms with Gasteiger partial charge in [-0.15, -0.1) is 0 Å². The third-order valence-electron chi connectivity index (χ3n) is 4.25. The fraction of sp³-hybridized carbons (Fsp3) is 0.421. The highest BCUT2D eigenvalue weighted by molar-refractivity contribution is 7.98. The average molecular weight is 357 g/mol. The minimum atomic E-state index is -0.104. The van der Waals surface area contributed by atoms with Crippen molar-refractivity contribution in [1.82, 2.24) is 14.9 Å². The number of benzene rings is 1. The van der Waals surface area contributed by atoms with Crippen molar-refractivity contribution in [3.8, 4) is 0 Å². The van der Waals surface area contributed by atoms with Gasteiger partial charge in [-0.3, -0.25) is 9.59 Å². The first kappa shape index (κ1) is 17.7. The third-order valence-corrected chi connectivity index (χ3v) is 5.19. The van der Waals surface area contributed by atoms with E-state index >= 15 is 0 Å². The molecule has 25 heavy (non-hydrogen) atoms. The van der Waals surface area contributed by atoms with Gasteiger partial charge in [-0.25, -0.2) is 4.98 Å². The molecule has 0 spiro atoms. The zero-order chi connectivity index (χ0) is 17.6. The van der Waals surface area contributed by atoms with Gasteiger partial charge in [0.1, 0.15) is 0 Å². The summed E-state index contributed by atoms with van der Waals surface area (Å²) in [5, 5.41) is 0.646. The lowest BCUT2D eigenvalue weighted by atomic mass is 10.1. The highest BCUT2D eigenvalue weighted by Gasteiger charge is 2.19. The highest BCUT2D eigenvalue weighted by Crippen LogP contribution is 2.20. The molecule has 1 amide bonds. The molecular formula is C19H23N3O2S. The molecule has 0 unspecified atom stereocenters. The minimum absolute atomic E-state index is 0.104. The van der Waals surface area contributed by atoms with Gasteiger partial charge in [-0.1, -0.05) is 37.2 Å². The van der Waals surface area contributed by atoms with Crippen molar-refractivity contribution < 1.29 is 4.79 Å². The summed E-state index contributed by atoms with van der Waals surface area (Å²) in [6.45, 7) is 3.80. The van der Waals surface area contributed by atoms with Crippen LogP contribution in [0.4, 0.5) is 0 Å². The Bertz CT molecular complexity index is 780. The average Bonchev–Trinajstić information content (AvgIpc) is 3.14. The molecule has 3 rings (SSSR count). The van der Waals surface area contributed by atoms with E-state index < -0.39 is 0 Å². The molecule has 132 valence electrons. The Morgan fingerprint density at radius 2 is 1.96 bits per heavy atom. The molecule has 2 aromatic rings. The Morgan fingerprint density at radius 3 is 2.64 bits per heavy atom. The number of aryl methyl sites for hydroxylation is 1. The van der Waals surface area contributed by atoms with Crippen LogP contribution in [-0.2, 0) is 12.2 Å². The summed E-state index contributed by atoms with van der Waals surface area (Å²) in [6, 6.07) is 9.29. The third kappa shape index (κ3) is 4.72. The molecule has 1 N–H and O–H groups in total. The lowest BCUT2D eigenvalue weighted by Gasteiger charge is -2.15. The first-order valence-corrected chi connectivity index (χ1v) is 9.75. The number of aromatic nitrogens is 2. The number of hydrogen-bond acceptors (Lipinski definition) is 4. The molecule has 0 radical (unpaired) electrons. The molecule has 1 aromatic carbocycles. The molecular weight excluding hydrogens is 334 g/mol. The van der Waals surface area contributed by atoms with Crippen LogP contribution in [0.2, 0.25) is 0 Å². The molecule has 2 heterocycles. The molecule has 0 aliphatic carbocycles. The second-order valence-corrected chi connectivity index (χ2v) is 7.24. The van der Waals surface area contributed by atoms with Gasteiger partial charge in [0.25, 0.3) is 11.5 Å². The van der Waals surface area contributed by atoms with E-state index in [1.54, 1.807) is 6.07 Å². The zero-order valence-corrected chi connectivity index (χ0v) is 15.3. The summed E-state index contributed by atoms with van der Waals surface area (Å²) < 4.78 is 0. The number of likely N-dealkylation sites (tertiary alicyclic amines) is 1. The molecule has 5 nitrogen and oxygen atoms in total. The first-order chi connectivity index (χ1) is 12.2. The Balaban J connectivity index is 1.62. The normalized spacial score (nSPS) is 14.0. The lowest BCUT2D eigenvalue weighted by Crippen LogP contribution is -2.27. The SMILES string of the molecule is CCCc1cc(=O)[nH]c(SCc2ccc(C(=O)N3CCCC3)cc2)n1. The van der Waals surface area contributed by atoms with Crippen LogP contribution >= 0.6 is 11.8 Å². The van der Waals surface area contributed by atoms with Crippen molar-refractivity contribution in [2.75, 3.05) is 13.1 Å². The summed E-state index contributed by atoms with van der Waals surface area (Å²) in [6.07, 6.45) is 3.98. The molecule has 1 aliphatic heterocycles. The van der Waals surface area contributed by atoms with Crippen molar-refractivity contribution in [3.63, 3.8) is 0 Å². The number of carbonyl (C=O) groups is 1. The molecule has 1 aliphatic rings. The van der Waals surface area contributed by atoms with Crippen LogP contribution in [-0.4, -0.2) is 33.9 Å². The number of H-pyrrole nitrogens is 1. The number of aromatic amines is 1. The summed E-state index contributed by atoms with van der Waals surface area (Å²) in [7, 11) is 0. The Kier molecular flexibility index (Phi) is 5.91. The van der Waals surface area contributed by atoms with Gasteiger partial charge in [0, 0.05) is 36.2 Å². The Morgan fingerprint density at radius 1 is 1.24 bits per heavy atom. The van der Waals surface area contributed by atoms with E-state index in [0.29, 0.717) is 10.9 Å². The van der Waals surface area contributed by atoms with Gasteiger partial charge in [0.15, 0.2) is 5.16 Å². The molecule has 0 saturated carbocycles. The van der Waals surface area contributed by atoms with Crippen LogP contribution in [0, 0.1) is 0 Å². The van der Waals surface area contributed by atoms with E-state index in [-0.39, 0.29) is 11.5 Å². The van der Waals surface area contributed by atoms with E-state index in [1.807, 2.05) is 29.2 Å². The monoisotopic (exact) mass is 357 g/mol. The maximum atomic E-state index is 12.3. The van der Waals surface area contributed by atoms with Gasteiger partial charge < -0.3 is 9.88 Å². The van der Waals surface area contributed by atoms with Crippen molar-refractivity contribution in [3.05, 3.63) is 57.5 Å². The fourth-order valence-electron chi connectivity index (χ4n) is 2.93. The number of carbonyl (C=O) groups excluding carboxylic acids is 1. The maximum Gasteiger partial charge on any atom is 0.253 e. The summed E-state index contributed by atoms with van der Waals surface area (Å²) >= 11 is 1.51. The van der Waals surface area contributed by atoms with E-state index in [9.17, 15) is 9.59 Å². The fourth-order valence-corrected chi connectivity index (χ4v) is 3.78. The highest BCUT2D eigenvalue weighted by atomic mass is 32.2. The topological polar surface area (TPSA) is 66.1 Å². The van der Waals surface area contributed by atoms with Gasteiger partial charge >= 0.3 is 0 Å². The van der Waals surface area contributed by atoms with Crippen LogP contribution in [0.1, 0.15) is 47.8 Å². The second kappa shape index (κ2) is 8.34. The van der Waals surface area contributed by atoms with Gasteiger partial charge in [0.05, 0.1) is 0 Å². The van der Waals surface area contributed by atoms with Crippen LogP contribution in [0.3, 0.4) is 0 Å². The summed E-state index contributed by atoms with van der Waals surface area (Å²) in [5.74, 6) is 0.825. The van der Waals surface area contributed by atoms with Crippen molar-refractivity contribution >= 4 is 17.7 Å². The molecule has 1 fully saturated rings. The van der Waals surface area contributed by atoms with Crippen molar-refractivity contribution in [1.29, 1.82) is 0 Å². The number of nitrogens with zero attached hydrogens (tertiary/aromatic N) is 2. The number of nitrogens with one attached hydrogen (secondary N) is 1. The molecule has 0 atom stereocenters. The molecule has 6 heteroatoms. The van der Waals surface area contributed by atoms with Crippen LogP contribution < -0.4 is 5.56 Å². The second-order valence-electron chi connectivity index (χ2n) is 6.28. The van der Waals surface area contributed by atoms with Crippen molar-refractivity contribution in [2.45, 2.75) is 43.5 Å². The van der Waals surface area contributed by atoms with Gasteiger partial charge in [0.2, 0.25) is 0 Å². The van der Waals surface area contributed by atoms with E-state index in [4.69, 9.17) is 0 Å². The zero-order valence-electron chi connectivity index (χ0n) is 14.5. The van der Waals surface area contributed by atoms with Crippen LogP contribution in [0.5, 0.6) is 0 Å². The Labute approximate surface area is 151 Å². The number of hydrogen-bond donors (Lipinski definition) is 1. The minimum Gasteiger partial charge on any atom is -0.339 e. The predicted molar refractivity (Wildman–Crippen MR) is 100.0 cm³/mol. The van der Waals surface area contributed by atoms with E-state index in [0.717, 1.165) is 55.6 Å². The van der Waals surface area contributed by atoms with Crippen LogP contribution in [0.25, 0.3) is 0 Å². The van der Waals surface area contributed by atoms with E-state index in [1.165, 1.54) is 11.8 Å². The van der Waals surface area contributed by atoms with Crippen molar-refractivity contribution in [2.24, 2.45) is 0 Å². The van der Waals surface area contributed by atoms with Gasteiger partial charge in [-0.05, 0) is 37.0 Å². The molecule has 0 bridgehead atoms. The summed E-state index contributed by atoms with van der Waals surface area (Å²) in [5.41, 5.74) is 2.58. The largest absolute Gasteiger partial charge is 0.339 e. The molecule has 1 saturated heterocycles. The lowest BCUT2D eigenvalue weighted by molar-refractivity contribution is 0.0793. The summed E-state index contributed by atoms with van der Waals surface area (Å²) in [4.78, 5) is 33.2. The standard InChI is InChI=1S/C19H23N3O2S/c1-2-5-16-12-17(23)21-19(20-16)25-13-14-6-8-15(9-7-14)18(24)22-10-3-4-11-22/h6-9,12H,2-5,10-11,13H2,1H3,(H,20,21,23). The molecule has 1 aromatic heterocycles. The maximum absolute atomic E-state index is 12.3. The quantitative estimate of drug-likeness (QED) is 0.637. The smallest absolute Gasteiger partial charge is 0.253 e. The number of amides is 1. The number of rotatable bonds is 6. The van der Waals surface area contributed by atoms with Crippen LogP contribution in [0.15, 0.2) is 40.3 Å². The Hall–Kier alpha value is -2.08. The van der Waals surface area contributed by atoms with Gasteiger partial charge in [-0.2, -0.15) is 0 Å². The predicted octanol–water partition coefficient (Wildman–Crippen LogP) is 3.25. The number of thioether (sulfide) groups is 1. The first-order valence-electron chi connectivity index (χ1n) is 8.77. The van der Waals surface area contributed by atoms with E-state index in [2.05, 4.69) is 16.9 Å².